The van der Waals surface area contributed by atoms with E-state index in [1.165, 1.54) is 26.9 Å². The van der Waals surface area contributed by atoms with Crippen LogP contribution < -0.4 is 5.73 Å². The molecule has 0 saturated carbocycles. The van der Waals surface area contributed by atoms with Crippen LogP contribution in [0.2, 0.25) is 0 Å². The van der Waals surface area contributed by atoms with Gasteiger partial charge in [-0.1, -0.05) is 60.7 Å². The summed E-state index contributed by atoms with van der Waals surface area (Å²) in [5.41, 5.74) is 7.06. The number of nitrogen functional groups attached to an aromatic ring is 1. The minimum absolute atomic E-state index is 0.847. The molecule has 0 saturated heterocycles. The van der Waals surface area contributed by atoms with Gasteiger partial charge in [-0.15, -0.1) is 0 Å². The Kier molecular flexibility index (Phi) is 2.04. The molecule has 0 aliphatic heterocycles. The number of hydrogen-bond acceptors (Lipinski definition) is 1. The lowest BCUT2D eigenvalue weighted by Gasteiger charge is -2.09. The molecule has 0 fully saturated rings. The first-order chi connectivity index (χ1) is 9.34. The van der Waals surface area contributed by atoms with Gasteiger partial charge in [-0.2, -0.15) is 0 Å². The van der Waals surface area contributed by atoms with Crippen LogP contribution in [0.5, 0.6) is 0 Å². The van der Waals surface area contributed by atoms with Crippen LogP contribution >= 0.6 is 0 Å². The zero-order valence-corrected chi connectivity index (χ0v) is 10.4. The molecule has 0 amide bonds. The van der Waals surface area contributed by atoms with E-state index in [4.69, 9.17) is 5.73 Å². The molecule has 0 aliphatic carbocycles. The van der Waals surface area contributed by atoms with Crippen LogP contribution in [0.4, 0.5) is 5.69 Å². The van der Waals surface area contributed by atoms with Gasteiger partial charge >= 0.3 is 0 Å². The quantitative estimate of drug-likeness (QED) is 0.350. The van der Waals surface area contributed by atoms with E-state index in [2.05, 4.69) is 54.6 Å². The minimum Gasteiger partial charge on any atom is -0.398 e. The molecule has 90 valence electrons. The maximum absolute atomic E-state index is 6.21. The fourth-order valence-electron chi connectivity index (χ4n) is 2.90. The first-order valence-electron chi connectivity index (χ1n) is 6.43. The third-order valence-electron chi connectivity index (χ3n) is 3.78. The fourth-order valence-corrected chi connectivity index (χ4v) is 2.90. The van der Waals surface area contributed by atoms with E-state index >= 15 is 0 Å². The van der Waals surface area contributed by atoms with E-state index in [0.717, 1.165) is 11.1 Å². The molecule has 4 aromatic rings. The Labute approximate surface area is 111 Å². The molecule has 0 aliphatic rings. The summed E-state index contributed by atoms with van der Waals surface area (Å²) in [5.74, 6) is 0. The van der Waals surface area contributed by atoms with Crippen molar-refractivity contribution in [1.29, 1.82) is 0 Å². The van der Waals surface area contributed by atoms with E-state index in [9.17, 15) is 0 Å². The van der Waals surface area contributed by atoms with Gasteiger partial charge in [0.1, 0.15) is 0 Å². The standard InChI is InChI=1S/C18H13N/c19-16-7-3-5-13-10-11-14-9-8-12-4-1-2-6-15(12)17(14)18(13)16/h1-11H,19H2. The van der Waals surface area contributed by atoms with Crippen LogP contribution in [-0.2, 0) is 0 Å². The lowest BCUT2D eigenvalue weighted by Crippen LogP contribution is -1.88. The highest BCUT2D eigenvalue weighted by atomic mass is 14.5. The average molecular weight is 243 g/mol. The van der Waals surface area contributed by atoms with Crippen molar-refractivity contribution in [3.63, 3.8) is 0 Å². The molecule has 0 bridgehead atoms. The Morgan fingerprint density at radius 3 is 2.00 bits per heavy atom. The maximum Gasteiger partial charge on any atom is 0.0400 e. The highest BCUT2D eigenvalue weighted by Crippen LogP contribution is 2.34. The Hall–Kier alpha value is -2.54. The van der Waals surface area contributed by atoms with Crippen molar-refractivity contribution in [2.45, 2.75) is 0 Å². The van der Waals surface area contributed by atoms with Crippen LogP contribution in [0.1, 0.15) is 0 Å². The molecular formula is C18H13N. The molecule has 0 atom stereocenters. The van der Waals surface area contributed by atoms with Crippen molar-refractivity contribution < 1.29 is 0 Å². The van der Waals surface area contributed by atoms with Gasteiger partial charge in [-0.25, -0.2) is 0 Å². The van der Waals surface area contributed by atoms with Crippen LogP contribution in [0, 0.1) is 0 Å². The SMILES string of the molecule is Nc1cccc2ccc3ccc4ccccc4c3c12. The molecule has 19 heavy (non-hydrogen) atoms. The number of hydrogen-bond donors (Lipinski definition) is 1. The summed E-state index contributed by atoms with van der Waals surface area (Å²) in [5, 5.41) is 7.38. The summed E-state index contributed by atoms with van der Waals surface area (Å²) in [6.07, 6.45) is 0. The molecule has 1 nitrogen and oxygen atoms in total. The fraction of sp³-hybridized carbons (Fsp3) is 0. The predicted octanol–water partition coefficient (Wildman–Crippen LogP) is 4.73. The van der Waals surface area contributed by atoms with Gasteiger partial charge in [0.25, 0.3) is 0 Å². The predicted molar refractivity (Wildman–Crippen MR) is 83.4 cm³/mol. The smallest absolute Gasteiger partial charge is 0.0400 e. The molecule has 2 N–H and O–H groups in total. The van der Waals surface area contributed by atoms with Crippen molar-refractivity contribution >= 4 is 38.0 Å². The Balaban J connectivity index is 2.40. The second kappa shape index (κ2) is 3.72. The summed E-state index contributed by atoms with van der Waals surface area (Å²) in [6.45, 7) is 0. The first-order valence-corrected chi connectivity index (χ1v) is 6.43. The van der Waals surface area contributed by atoms with Gasteiger partial charge in [0.05, 0.1) is 0 Å². The maximum atomic E-state index is 6.21. The lowest BCUT2D eigenvalue weighted by atomic mass is 9.96. The van der Waals surface area contributed by atoms with Gasteiger partial charge < -0.3 is 5.73 Å². The Morgan fingerprint density at radius 2 is 1.16 bits per heavy atom. The second-order valence-corrected chi connectivity index (χ2v) is 4.90. The zero-order valence-electron chi connectivity index (χ0n) is 10.4. The van der Waals surface area contributed by atoms with E-state index in [0.29, 0.717) is 0 Å². The minimum atomic E-state index is 0.847. The Bertz CT molecular complexity index is 917. The third kappa shape index (κ3) is 1.42. The van der Waals surface area contributed by atoms with E-state index < -0.39 is 0 Å². The monoisotopic (exact) mass is 243 g/mol. The topological polar surface area (TPSA) is 26.0 Å². The van der Waals surface area contributed by atoms with Crippen molar-refractivity contribution in [3.8, 4) is 0 Å². The van der Waals surface area contributed by atoms with Crippen LogP contribution in [0.3, 0.4) is 0 Å². The molecule has 4 aromatic carbocycles. The molecule has 0 heterocycles. The van der Waals surface area contributed by atoms with Gasteiger partial charge in [0.2, 0.25) is 0 Å². The van der Waals surface area contributed by atoms with E-state index in [1.54, 1.807) is 0 Å². The largest absolute Gasteiger partial charge is 0.398 e. The first kappa shape index (κ1) is 10.4. The molecule has 0 aromatic heterocycles. The van der Waals surface area contributed by atoms with Gasteiger partial charge in [-0.05, 0) is 33.0 Å². The van der Waals surface area contributed by atoms with E-state index in [1.807, 2.05) is 12.1 Å². The van der Waals surface area contributed by atoms with Crippen LogP contribution in [0.15, 0.2) is 66.7 Å². The van der Waals surface area contributed by atoms with E-state index in [-0.39, 0.29) is 0 Å². The number of anilines is 1. The van der Waals surface area contributed by atoms with Gasteiger partial charge in [0.15, 0.2) is 0 Å². The highest BCUT2D eigenvalue weighted by molar-refractivity contribution is 6.23. The zero-order chi connectivity index (χ0) is 12.8. The summed E-state index contributed by atoms with van der Waals surface area (Å²) < 4.78 is 0. The van der Waals surface area contributed by atoms with Crippen molar-refractivity contribution in [3.05, 3.63) is 66.7 Å². The van der Waals surface area contributed by atoms with Crippen molar-refractivity contribution in [2.75, 3.05) is 5.73 Å². The van der Waals surface area contributed by atoms with Crippen molar-refractivity contribution in [1.82, 2.24) is 0 Å². The molecule has 1 heteroatoms. The molecule has 0 spiro atoms. The summed E-state index contributed by atoms with van der Waals surface area (Å²) >= 11 is 0. The Morgan fingerprint density at radius 1 is 0.526 bits per heavy atom. The highest BCUT2D eigenvalue weighted by Gasteiger charge is 2.06. The second-order valence-electron chi connectivity index (χ2n) is 4.90. The molecular weight excluding hydrogens is 230 g/mol. The van der Waals surface area contributed by atoms with Gasteiger partial charge in [0, 0.05) is 11.1 Å². The number of fused-ring (bicyclic) bond motifs is 5. The molecule has 4 rings (SSSR count). The summed E-state index contributed by atoms with van der Waals surface area (Å²) in [7, 11) is 0. The van der Waals surface area contributed by atoms with Gasteiger partial charge in [-0.3, -0.25) is 0 Å². The molecule has 0 radical (unpaired) electrons. The third-order valence-corrected chi connectivity index (χ3v) is 3.78. The normalized spacial score (nSPS) is 11.4. The number of rotatable bonds is 0. The number of benzene rings is 4. The summed E-state index contributed by atoms with van der Waals surface area (Å²) in [4.78, 5) is 0. The lowest BCUT2D eigenvalue weighted by molar-refractivity contribution is 1.75. The number of nitrogens with two attached hydrogens (primary N) is 1. The average Bonchev–Trinajstić information content (AvgIpc) is 2.47. The van der Waals surface area contributed by atoms with Crippen LogP contribution in [-0.4, -0.2) is 0 Å². The van der Waals surface area contributed by atoms with Crippen LogP contribution in [0.25, 0.3) is 32.3 Å². The molecule has 0 unspecified atom stereocenters. The van der Waals surface area contributed by atoms with Crippen molar-refractivity contribution in [2.24, 2.45) is 0 Å². The summed E-state index contributed by atoms with van der Waals surface area (Å²) in [6, 6.07) is 23.2.